The molecule has 0 radical (unpaired) electrons. The second-order valence-corrected chi connectivity index (χ2v) is 9.55. The van der Waals surface area contributed by atoms with E-state index in [2.05, 4.69) is 28.7 Å². The molecule has 0 N–H and O–H groups in total. The molecule has 1 amide bonds. The number of aromatic nitrogens is 4. The third-order valence-electron chi connectivity index (χ3n) is 6.99. The number of carbonyl (C=O) groups excluding carboxylic acids is 1. The topological polar surface area (TPSA) is 65.2 Å². The molecule has 2 aromatic heterocycles. The maximum absolute atomic E-state index is 12.2. The zero-order valence-electron chi connectivity index (χ0n) is 18.8. The highest BCUT2D eigenvalue weighted by atomic mass is 35.5. The number of methoxy groups -OCH3 is 1. The van der Waals surface area contributed by atoms with Gasteiger partial charge in [-0.1, -0.05) is 36.9 Å². The number of hydrogen-bond acceptors (Lipinski definition) is 4. The fourth-order valence-corrected chi connectivity index (χ4v) is 5.56. The first kappa shape index (κ1) is 21.3. The molecule has 0 unspecified atom stereocenters. The summed E-state index contributed by atoms with van der Waals surface area (Å²) in [6.45, 7) is 4.17. The second-order valence-electron chi connectivity index (χ2n) is 9.12. The highest BCUT2D eigenvalue weighted by Crippen LogP contribution is 2.38. The van der Waals surface area contributed by atoms with Crippen molar-refractivity contribution in [2.45, 2.75) is 70.5 Å². The van der Waals surface area contributed by atoms with E-state index in [1.165, 1.54) is 50.6 Å². The van der Waals surface area contributed by atoms with Crippen LogP contribution >= 0.6 is 11.6 Å². The number of rotatable bonds is 4. The number of amides is 1. The monoisotopic (exact) mass is 455 g/mol. The van der Waals surface area contributed by atoms with E-state index in [-0.39, 0.29) is 12.1 Å². The predicted molar refractivity (Wildman–Crippen MR) is 124 cm³/mol. The van der Waals surface area contributed by atoms with Crippen LogP contribution in [0.25, 0.3) is 11.0 Å². The number of hydrogen-bond donors (Lipinski definition) is 0. The molecule has 1 aliphatic carbocycles. The Kier molecular flexibility index (Phi) is 5.84. The van der Waals surface area contributed by atoms with E-state index in [0.29, 0.717) is 24.0 Å². The number of ether oxygens (including phenoxy) is 1. The third kappa shape index (κ3) is 3.87. The number of carbonyl (C=O) groups is 1. The summed E-state index contributed by atoms with van der Waals surface area (Å²) in [7, 11) is 1.44. The van der Waals surface area contributed by atoms with Gasteiger partial charge in [0.05, 0.1) is 48.5 Å². The zero-order chi connectivity index (χ0) is 22.2. The van der Waals surface area contributed by atoms with Crippen molar-refractivity contribution in [3.63, 3.8) is 0 Å². The lowest BCUT2D eigenvalue weighted by Crippen LogP contribution is -2.35. The van der Waals surface area contributed by atoms with E-state index in [1.807, 2.05) is 10.9 Å². The molecule has 3 heterocycles. The molecule has 1 saturated carbocycles. The van der Waals surface area contributed by atoms with Gasteiger partial charge in [0, 0.05) is 24.2 Å². The summed E-state index contributed by atoms with van der Waals surface area (Å²) >= 11 is 6.10. The molecular formula is C24H30ClN5O2. The minimum Gasteiger partial charge on any atom is -0.453 e. The van der Waals surface area contributed by atoms with E-state index < -0.39 is 0 Å². The van der Waals surface area contributed by atoms with E-state index >= 15 is 0 Å². The molecular weight excluding hydrogens is 426 g/mol. The summed E-state index contributed by atoms with van der Waals surface area (Å²) in [4.78, 5) is 19.2. The molecule has 3 aromatic rings. The van der Waals surface area contributed by atoms with Gasteiger partial charge in [0.15, 0.2) is 0 Å². The molecule has 1 fully saturated rings. The van der Waals surface area contributed by atoms with Crippen LogP contribution in [-0.2, 0) is 24.2 Å². The van der Waals surface area contributed by atoms with Crippen molar-refractivity contribution in [1.29, 1.82) is 0 Å². The van der Waals surface area contributed by atoms with E-state index in [4.69, 9.17) is 21.3 Å². The molecule has 0 saturated heterocycles. The lowest BCUT2D eigenvalue weighted by Gasteiger charge is -2.28. The largest absolute Gasteiger partial charge is 0.453 e. The molecule has 5 rings (SSSR count). The normalized spacial score (nSPS) is 18.0. The van der Waals surface area contributed by atoms with Gasteiger partial charge in [0.1, 0.15) is 5.82 Å². The van der Waals surface area contributed by atoms with Crippen molar-refractivity contribution in [3.05, 3.63) is 46.5 Å². The van der Waals surface area contributed by atoms with Gasteiger partial charge < -0.3 is 14.2 Å². The maximum atomic E-state index is 12.2. The number of imidazole rings is 1. The Labute approximate surface area is 193 Å². The highest BCUT2D eigenvalue weighted by molar-refractivity contribution is 6.30. The summed E-state index contributed by atoms with van der Waals surface area (Å²) in [6, 6.07) is 4.60. The highest BCUT2D eigenvalue weighted by Gasteiger charge is 2.29. The molecule has 0 bridgehead atoms. The minimum absolute atomic E-state index is 0.172. The number of halogens is 1. The van der Waals surface area contributed by atoms with Gasteiger partial charge >= 0.3 is 6.09 Å². The van der Waals surface area contributed by atoms with Gasteiger partial charge in [0.25, 0.3) is 0 Å². The molecule has 7 nitrogen and oxygen atoms in total. The van der Waals surface area contributed by atoms with Crippen LogP contribution in [0.5, 0.6) is 0 Å². The standard InChI is InChI=1S/C24H30ClN5O2/c1-16(13-29-14-19(25)12-26-29)30-21-9-8-17-10-11-28(24(31)32-2)15-20(17)22(21)27-23(30)18-6-4-3-5-7-18/h8-9,12,14,16,18H,3-7,10-11,13,15H2,1-2H3/t16-/m0/s1. The summed E-state index contributed by atoms with van der Waals surface area (Å²) in [5, 5.41) is 5.04. The molecule has 8 heteroatoms. The van der Waals surface area contributed by atoms with Gasteiger partial charge in [0.2, 0.25) is 0 Å². The van der Waals surface area contributed by atoms with Gasteiger partial charge in [-0.2, -0.15) is 5.10 Å². The van der Waals surface area contributed by atoms with Crippen molar-refractivity contribution in [1.82, 2.24) is 24.2 Å². The fraction of sp³-hybridized carbons (Fsp3) is 0.542. The van der Waals surface area contributed by atoms with Crippen molar-refractivity contribution in [2.75, 3.05) is 13.7 Å². The van der Waals surface area contributed by atoms with Crippen LogP contribution in [0.1, 0.15) is 67.9 Å². The number of fused-ring (bicyclic) bond motifs is 3. The summed E-state index contributed by atoms with van der Waals surface area (Å²) in [5.74, 6) is 1.64. The summed E-state index contributed by atoms with van der Waals surface area (Å²) < 4.78 is 9.31. The van der Waals surface area contributed by atoms with E-state index in [0.717, 1.165) is 29.6 Å². The van der Waals surface area contributed by atoms with Crippen LogP contribution in [0.15, 0.2) is 24.5 Å². The average molecular weight is 456 g/mol. The first-order chi connectivity index (χ1) is 15.5. The lowest BCUT2D eigenvalue weighted by atomic mass is 9.88. The molecule has 170 valence electrons. The second kappa shape index (κ2) is 8.77. The Balaban J connectivity index is 1.59. The Bertz CT molecular complexity index is 1130. The van der Waals surface area contributed by atoms with E-state index in [1.54, 1.807) is 11.1 Å². The first-order valence-corrected chi connectivity index (χ1v) is 12.0. The minimum atomic E-state index is -0.275. The molecule has 2 aliphatic rings. The zero-order valence-corrected chi connectivity index (χ0v) is 19.5. The van der Waals surface area contributed by atoms with Crippen LogP contribution < -0.4 is 0 Å². The number of benzene rings is 1. The summed E-state index contributed by atoms with van der Waals surface area (Å²) in [5.41, 5.74) is 4.61. The molecule has 1 atom stereocenters. The maximum Gasteiger partial charge on any atom is 0.409 e. The van der Waals surface area contributed by atoms with E-state index in [9.17, 15) is 4.79 Å². The van der Waals surface area contributed by atoms with Crippen molar-refractivity contribution in [2.24, 2.45) is 0 Å². The predicted octanol–water partition coefficient (Wildman–Crippen LogP) is 5.32. The quantitative estimate of drug-likeness (QED) is 0.534. The molecule has 1 aromatic carbocycles. The molecule has 0 spiro atoms. The fourth-order valence-electron chi connectivity index (χ4n) is 5.40. The Hall–Kier alpha value is -2.54. The van der Waals surface area contributed by atoms with Gasteiger partial charge in [-0.15, -0.1) is 0 Å². The molecule has 1 aliphatic heterocycles. The number of nitrogens with zero attached hydrogens (tertiary/aromatic N) is 5. The van der Waals surface area contributed by atoms with Crippen LogP contribution in [0, 0.1) is 0 Å². The van der Waals surface area contributed by atoms with Crippen LogP contribution in [0.4, 0.5) is 4.79 Å². The van der Waals surface area contributed by atoms with Gasteiger partial charge in [-0.25, -0.2) is 9.78 Å². The molecule has 32 heavy (non-hydrogen) atoms. The van der Waals surface area contributed by atoms with Crippen LogP contribution in [0.3, 0.4) is 0 Å². The van der Waals surface area contributed by atoms with Gasteiger partial charge in [-0.3, -0.25) is 4.68 Å². The van der Waals surface area contributed by atoms with Crippen molar-refractivity contribution in [3.8, 4) is 0 Å². The third-order valence-corrected chi connectivity index (χ3v) is 7.18. The summed E-state index contributed by atoms with van der Waals surface area (Å²) in [6.07, 6.45) is 10.3. The Morgan fingerprint density at radius 1 is 1.28 bits per heavy atom. The lowest BCUT2D eigenvalue weighted by molar-refractivity contribution is 0.119. The first-order valence-electron chi connectivity index (χ1n) is 11.6. The van der Waals surface area contributed by atoms with Gasteiger partial charge in [-0.05, 0) is 37.8 Å². The van der Waals surface area contributed by atoms with Crippen molar-refractivity contribution >= 4 is 28.7 Å². The SMILES string of the molecule is COC(=O)N1CCc2ccc3c(nc(C4CCCCC4)n3[C@@H](C)Cn3cc(Cl)cn3)c2C1. The van der Waals surface area contributed by atoms with Crippen LogP contribution in [-0.4, -0.2) is 44.0 Å². The Morgan fingerprint density at radius 3 is 2.81 bits per heavy atom. The van der Waals surface area contributed by atoms with Crippen molar-refractivity contribution < 1.29 is 9.53 Å². The average Bonchev–Trinajstić information content (AvgIpc) is 3.42. The Morgan fingerprint density at radius 2 is 2.09 bits per heavy atom. The smallest absolute Gasteiger partial charge is 0.409 e. The van der Waals surface area contributed by atoms with Crippen LogP contribution in [0.2, 0.25) is 5.02 Å².